The largest absolute Gasteiger partial charge is 0.496 e. The number of imide groups is 1. The predicted molar refractivity (Wildman–Crippen MR) is 117 cm³/mol. The Hall–Kier alpha value is -3.87. The monoisotopic (exact) mass is 417 g/mol. The van der Waals surface area contributed by atoms with E-state index in [0.29, 0.717) is 11.1 Å². The van der Waals surface area contributed by atoms with Gasteiger partial charge in [0.15, 0.2) is 5.54 Å². The normalized spacial score (nSPS) is 17.9. The molecule has 3 aromatic rings. The van der Waals surface area contributed by atoms with E-state index in [1.165, 1.54) is 4.57 Å². The van der Waals surface area contributed by atoms with E-state index in [1.807, 2.05) is 37.3 Å². The number of aromatic nitrogens is 1. The lowest BCUT2D eigenvalue weighted by molar-refractivity contribution is -0.124. The molecule has 0 bridgehead atoms. The number of benzene rings is 2. The first-order chi connectivity index (χ1) is 14.8. The number of rotatable bonds is 5. The standard InChI is InChI=1S/C24H23N3O4/c1-15-6-11-20(31-3)19(13-15)17-7-9-18(10-8-17)24(22(29)25-23(30)26-24)14-27-12-4-5-16(2)21(27)28/h4-13H,14H2,1-3H3,(H2,25,26,29,30). The van der Waals surface area contributed by atoms with Gasteiger partial charge in [0.1, 0.15) is 5.75 Å². The third-order valence-corrected chi connectivity index (χ3v) is 5.60. The van der Waals surface area contributed by atoms with Gasteiger partial charge in [-0.3, -0.25) is 14.9 Å². The quantitative estimate of drug-likeness (QED) is 0.625. The molecule has 0 spiro atoms. The van der Waals surface area contributed by atoms with E-state index < -0.39 is 17.5 Å². The second kappa shape index (κ2) is 7.75. The molecule has 4 rings (SSSR count). The first-order valence-corrected chi connectivity index (χ1v) is 9.89. The van der Waals surface area contributed by atoms with Crippen LogP contribution >= 0.6 is 0 Å². The van der Waals surface area contributed by atoms with Gasteiger partial charge in [0.2, 0.25) is 0 Å². The Bertz CT molecular complexity index is 1230. The molecule has 1 unspecified atom stereocenters. The summed E-state index contributed by atoms with van der Waals surface area (Å²) in [5.41, 5.74) is 2.48. The Morgan fingerprint density at radius 1 is 1.00 bits per heavy atom. The van der Waals surface area contributed by atoms with E-state index in [4.69, 9.17) is 4.74 Å². The molecule has 1 atom stereocenters. The number of hydrogen-bond donors (Lipinski definition) is 2. The highest BCUT2D eigenvalue weighted by Gasteiger charge is 2.48. The van der Waals surface area contributed by atoms with Crippen LogP contribution in [0.1, 0.15) is 16.7 Å². The maximum atomic E-state index is 12.9. The van der Waals surface area contributed by atoms with E-state index in [9.17, 15) is 14.4 Å². The molecule has 1 aliphatic rings. The average Bonchev–Trinajstić information content (AvgIpc) is 3.05. The first kappa shape index (κ1) is 20.4. The molecule has 1 aromatic heterocycles. The number of aryl methyl sites for hydroxylation is 2. The number of nitrogens with one attached hydrogen (secondary N) is 2. The highest BCUT2D eigenvalue weighted by molar-refractivity contribution is 6.07. The second-order valence-corrected chi connectivity index (χ2v) is 7.72. The molecule has 0 radical (unpaired) electrons. The van der Waals surface area contributed by atoms with Gasteiger partial charge in [-0.1, -0.05) is 42.0 Å². The Labute approximate surface area is 179 Å². The predicted octanol–water partition coefficient (Wildman–Crippen LogP) is 2.88. The van der Waals surface area contributed by atoms with Crippen LogP contribution in [0.4, 0.5) is 4.79 Å². The van der Waals surface area contributed by atoms with Crippen LogP contribution in [0.15, 0.2) is 65.6 Å². The van der Waals surface area contributed by atoms with E-state index >= 15 is 0 Å². The minimum Gasteiger partial charge on any atom is -0.496 e. The van der Waals surface area contributed by atoms with Crippen molar-refractivity contribution in [3.8, 4) is 16.9 Å². The van der Waals surface area contributed by atoms with Gasteiger partial charge in [-0.05, 0) is 43.2 Å². The first-order valence-electron chi connectivity index (χ1n) is 9.89. The van der Waals surface area contributed by atoms with Crippen LogP contribution in [0.5, 0.6) is 5.75 Å². The number of amides is 3. The van der Waals surface area contributed by atoms with Crippen molar-refractivity contribution in [1.29, 1.82) is 0 Å². The maximum Gasteiger partial charge on any atom is 0.322 e. The highest BCUT2D eigenvalue weighted by Crippen LogP contribution is 2.33. The number of nitrogens with zero attached hydrogens (tertiary/aromatic N) is 1. The van der Waals surface area contributed by atoms with Gasteiger partial charge in [-0.25, -0.2) is 4.79 Å². The van der Waals surface area contributed by atoms with Crippen molar-refractivity contribution < 1.29 is 14.3 Å². The minimum absolute atomic E-state index is 0.0157. The maximum absolute atomic E-state index is 12.9. The molecule has 7 nitrogen and oxygen atoms in total. The average molecular weight is 417 g/mol. The fourth-order valence-corrected chi connectivity index (χ4v) is 3.92. The number of carbonyl (C=O) groups excluding carboxylic acids is 2. The lowest BCUT2D eigenvalue weighted by Gasteiger charge is -2.27. The van der Waals surface area contributed by atoms with Crippen molar-refractivity contribution in [2.75, 3.05) is 7.11 Å². The van der Waals surface area contributed by atoms with Gasteiger partial charge in [0, 0.05) is 17.3 Å². The molecule has 0 saturated carbocycles. The Balaban J connectivity index is 1.78. The SMILES string of the molecule is COc1ccc(C)cc1-c1ccc(C2(Cn3cccc(C)c3=O)NC(=O)NC2=O)cc1. The van der Waals surface area contributed by atoms with Crippen molar-refractivity contribution in [3.63, 3.8) is 0 Å². The van der Waals surface area contributed by atoms with Crippen LogP contribution < -0.4 is 20.9 Å². The van der Waals surface area contributed by atoms with Gasteiger partial charge in [-0.2, -0.15) is 0 Å². The molecule has 1 fully saturated rings. The lowest BCUT2D eigenvalue weighted by atomic mass is 9.88. The third kappa shape index (κ3) is 3.59. The number of hydrogen-bond acceptors (Lipinski definition) is 4. The zero-order chi connectivity index (χ0) is 22.2. The molecule has 158 valence electrons. The molecule has 2 heterocycles. The van der Waals surface area contributed by atoms with E-state index in [2.05, 4.69) is 10.6 Å². The Morgan fingerprint density at radius 2 is 1.74 bits per heavy atom. The van der Waals surface area contributed by atoms with Crippen molar-refractivity contribution in [3.05, 3.63) is 87.8 Å². The van der Waals surface area contributed by atoms with E-state index in [-0.39, 0.29) is 12.1 Å². The Kier molecular flexibility index (Phi) is 5.10. The summed E-state index contributed by atoms with van der Waals surface area (Å²) >= 11 is 0. The van der Waals surface area contributed by atoms with Crippen LogP contribution in [0.2, 0.25) is 0 Å². The van der Waals surface area contributed by atoms with Crippen molar-refractivity contribution in [1.82, 2.24) is 15.2 Å². The molecule has 1 aliphatic heterocycles. The number of ether oxygens (including phenoxy) is 1. The topological polar surface area (TPSA) is 89.4 Å². The summed E-state index contributed by atoms with van der Waals surface area (Å²) in [5, 5.41) is 5.04. The minimum atomic E-state index is -1.38. The van der Waals surface area contributed by atoms with Crippen LogP contribution in [-0.2, 0) is 16.9 Å². The van der Waals surface area contributed by atoms with Gasteiger partial charge < -0.3 is 14.6 Å². The zero-order valence-electron chi connectivity index (χ0n) is 17.6. The van der Waals surface area contributed by atoms with Gasteiger partial charge in [0.05, 0.1) is 13.7 Å². The molecule has 3 amide bonds. The van der Waals surface area contributed by atoms with Crippen LogP contribution in [0.3, 0.4) is 0 Å². The van der Waals surface area contributed by atoms with Gasteiger partial charge >= 0.3 is 6.03 Å². The summed E-state index contributed by atoms with van der Waals surface area (Å²) in [6, 6.07) is 16.1. The zero-order valence-corrected chi connectivity index (χ0v) is 17.6. The third-order valence-electron chi connectivity index (χ3n) is 5.60. The van der Waals surface area contributed by atoms with Crippen LogP contribution in [-0.4, -0.2) is 23.6 Å². The van der Waals surface area contributed by atoms with Gasteiger partial charge in [-0.15, -0.1) is 0 Å². The summed E-state index contributed by atoms with van der Waals surface area (Å²) in [5.74, 6) is 0.248. The highest BCUT2D eigenvalue weighted by atomic mass is 16.5. The number of methoxy groups -OCH3 is 1. The fraction of sp³-hybridized carbons (Fsp3) is 0.208. The summed E-state index contributed by atoms with van der Waals surface area (Å²) in [7, 11) is 1.62. The van der Waals surface area contributed by atoms with Crippen LogP contribution in [0, 0.1) is 13.8 Å². The molecular formula is C24H23N3O4. The van der Waals surface area contributed by atoms with Gasteiger partial charge in [0.25, 0.3) is 11.5 Å². The Morgan fingerprint density at radius 3 is 2.39 bits per heavy atom. The second-order valence-electron chi connectivity index (χ2n) is 7.72. The molecule has 1 saturated heterocycles. The van der Waals surface area contributed by atoms with Crippen molar-refractivity contribution in [2.45, 2.75) is 25.9 Å². The molecular weight excluding hydrogens is 394 g/mol. The summed E-state index contributed by atoms with van der Waals surface area (Å²) in [6.45, 7) is 3.70. The van der Waals surface area contributed by atoms with Crippen LogP contribution in [0.25, 0.3) is 11.1 Å². The molecule has 7 heteroatoms. The summed E-state index contributed by atoms with van der Waals surface area (Å²) < 4.78 is 6.92. The molecule has 31 heavy (non-hydrogen) atoms. The summed E-state index contributed by atoms with van der Waals surface area (Å²) in [4.78, 5) is 37.5. The van der Waals surface area contributed by atoms with E-state index in [0.717, 1.165) is 22.4 Å². The van der Waals surface area contributed by atoms with Crippen molar-refractivity contribution in [2.24, 2.45) is 0 Å². The lowest BCUT2D eigenvalue weighted by Crippen LogP contribution is -2.49. The fourth-order valence-electron chi connectivity index (χ4n) is 3.92. The summed E-state index contributed by atoms with van der Waals surface area (Å²) in [6.07, 6.45) is 1.61. The number of urea groups is 1. The molecule has 0 aliphatic carbocycles. The molecule has 2 N–H and O–H groups in total. The number of pyridine rings is 1. The molecule has 2 aromatic carbocycles. The smallest absolute Gasteiger partial charge is 0.322 e. The van der Waals surface area contributed by atoms with Crippen molar-refractivity contribution >= 4 is 11.9 Å². The number of carbonyl (C=O) groups is 2. The van der Waals surface area contributed by atoms with E-state index in [1.54, 1.807) is 44.5 Å².